The third-order valence-corrected chi connectivity index (χ3v) is 5.29. The summed E-state index contributed by atoms with van der Waals surface area (Å²) in [5.41, 5.74) is 1.55. The first-order valence-corrected chi connectivity index (χ1v) is 10.2. The second kappa shape index (κ2) is 8.93. The number of halogens is 2. The standard InChI is InChI=1S/C21H20Cl2N4O3/c1-29-17-9-8-15(23)10-16(17)19(12-4-6-14(22)7-5-12)26-21(28)24-11-18-25-20(30-27-18)13-2-3-13/h4-10,13,19H,2-3,11H2,1H3,(H2,24,26,28). The number of hydrogen-bond donors (Lipinski definition) is 2. The van der Waals surface area contributed by atoms with Gasteiger partial charge in [0.05, 0.1) is 19.7 Å². The summed E-state index contributed by atoms with van der Waals surface area (Å²) in [5.74, 6) is 2.04. The van der Waals surface area contributed by atoms with Gasteiger partial charge in [-0.25, -0.2) is 4.79 Å². The molecule has 2 amide bonds. The minimum Gasteiger partial charge on any atom is -0.496 e. The van der Waals surface area contributed by atoms with E-state index in [9.17, 15) is 4.79 Å². The fraction of sp³-hybridized carbons (Fsp3) is 0.286. The summed E-state index contributed by atoms with van der Waals surface area (Å²) in [7, 11) is 1.57. The van der Waals surface area contributed by atoms with Gasteiger partial charge in [-0.3, -0.25) is 0 Å². The third-order valence-electron chi connectivity index (χ3n) is 4.80. The maximum absolute atomic E-state index is 12.7. The third kappa shape index (κ3) is 4.86. The SMILES string of the molecule is COc1ccc(Cl)cc1C(NC(=O)NCc1noc(C2CC2)n1)c1ccc(Cl)cc1. The minimum atomic E-state index is -0.511. The fourth-order valence-corrected chi connectivity index (χ4v) is 3.41. The maximum Gasteiger partial charge on any atom is 0.315 e. The van der Waals surface area contributed by atoms with Gasteiger partial charge in [-0.05, 0) is 48.7 Å². The molecule has 1 atom stereocenters. The number of rotatable bonds is 7. The molecule has 0 spiro atoms. The lowest BCUT2D eigenvalue weighted by molar-refractivity contribution is 0.237. The van der Waals surface area contributed by atoms with Crippen LogP contribution in [-0.2, 0) is 6.54 Å². The number of nitrogens with zero attached hydrogens (tertiary/aromatic N) is 2. The Balaban J connectivity index is 1.52. The van der Waals surface area contributed by atoms with Gasteiger partial charge in [0.1, 0.15) is 5.75 Å². The number of ether oxygens (including phenoxy) is 1. The molecule has 1 saturated carbocycles. The zero-order valence-corrected chi connectivity index (χ0v) is 17.7. The predicted octanol–water partition coefficient (Wildman–Crippen LogP) is 4.85. The first-order valence-electron chi connectivity index (χ1n) is 9.49. The fourth-order valence-electron chi connectivity index (χ4n) is 3.10. The van der Waals surface area contributed by atoms with Gasteiger partial charge < -0.3 is 19.9 Å². The van der Waals surface area contributed by atoms with Crippen LogP contribution >= 0.6 is 23.2 Å². The second-order valence-corrected chi connectivity index (χ2v) is 7.89. The molecule has 30 heavy (non-hydrogen) atoms. The summed E-state index contributed by atoms with van der Waals surface area (Å²) < 4.78 is 10.7. The molecular formula is C21H20Cl2N4O3. The van der Waals surface area contributed by atoms with Crippen molar-refractivity contribution in [3.8, 4) is 5.75 Å². The topological polar surface area (TPSA) is 89.3 Å². The van der Waals surface area contributed by atoms with Crippen molar-refractivity contribution in [3.63, 3.8) is 0 Å². The van der Waals surface area contributed by atoms with E-state index in [2.05, 4.69) is 20.8 Å². The zero-order chi connectivity index (χ0) is 21.1. The highest BCUT2D eigenvalue weighted by Gasteiger charge is 2.29. The number of methoxy groups -OCH3 is 1. The summed E-state index contributed by atoms with van der Waals surface area (Å²) in [6, 6.07) is 11.6. The first kappa shape index (κ1) is 20.5. The van der Waals surface area contributed by atoms with Gasteiger partial charge in [0.25, 0.3) is 0 Å². The van der Waals surface area contributed by atoms with Crippen LogP contribution in [0.3, 0.4) is 0 Å². The Labute approximate surface area is 183 Å². The van der Waals surface area contributed by atoms with Crippen molar-refractivity contribution in [3.05, 3.63) is 75.4 Å². The van der Waals surface area contributed by atoms with E-state index in [0.29, 0.717) is 33.4 Å². The number of carbonyl (C=O) groups is 1. The Morgan fingerprint density at radius 1 is 1.20 bits per heavy atom. The molecule has 1 aliphatic rings. The van der Waals surface area contributed by atoms with Crippen LogP contribution in [0.1, 0.15) is 47.6 Å². The molecular weight excluding hydrogens is 427 g/mol. The molecule has 1 heterocycles. The van der Waals surface area contributed by atoms with Crippen LogP contribution in [0.25, 0.3) is 0 Å². The molecule has 9 heteroatoms. The van der Waals surface area contributed by atoms with Crippen molar-refractivity contribution in [2.75, 3.05) is 7.11 Å². The number of aromatic nitrogens is 2. The number of nitrogens with one attached hydrogen (secondary N) is 2. The molecule has 0 aliphatic heterocycles. The van der Waals surface area contributed by atoms with Gasteiger partial charge >= 0.3 is 6.03 Å². The van der Waals surface area contributed by atoms with Crippen LogP contribution in [0.2, 0.25) is 10.0 Å². The molecule has 156 valence electrons. The van der Waals surface area contributed by atoms with E-state index < -0.39 is 12.1 Å². The van der Waals surface area contributed by atoms with Crippen molar-refractivity contribution >= 4 is 29.2 Å². The lowest BCUT2D eigenvalue weighted by atomic mass is 9.98. The number of carbonyl (C=O) groups excluding carboxylic acids is 1. The van der Waals surface area contributed by atoms with Gasteiger partial charge in [-0.15, -0.1) is 0 Å². The Kier molecular flexibility index (Phi) is 6.11. The normalized spacial score (nSPS) is 14.2. The Hall–Kier alpha value is -2.77. The van der Waals surface area contributed by atoms with Crippen LogP contribution in [-0.4, -0.2) is 23.3 Å². The average molecular weight is 447 g/mol. The molecule has 2 N–H and O–H groups in total. The van der Waals surface area contributed by atoms with Crippen molar-refractivity contribution in [1.82, 2.24) is 20.8 Å². The molecule has 0 bridgehead atoms. The Morgan fingerprint density at radius 2 is 1.93 bits per heavy atom. The molecule has 1 fully saturated rings. The number of amides is 2. The molecule has 1 aliphatic carbocycles. The van der Waals surface area contributed by atoms with Crippen LogP contribution in [0.15, 0.2) is 47.0 Å². The van der Waals surface area contributed by atoms with E-state index in [1.165, 1.54) is 0 Å². The second-order valence-electron chi connectivity index (χ2n) is 7.02. The van der Waals surface area contributed by atoms with Gasteiger partial charge in [-0.1, -0.05) is 40.5 Å². The molecule has 7 nitrogen and oxygen atoms in total. The van der Waals surface area contributed by atoms with E-state index in [4.69, 9.17) is 32.5 Å². The molecule has 3 aromatic rings. The number of benzene rings is 2. The largest absolute Gasteiger partial charge is 0.496 e. The smallest absolute Gasteiger partial charge is 0.315 e. The molecule has 4 rings (SSSR count). The zero-order valence-electron chi connectivity index (χ0n) is 16.2. The highest BCUT2D eigenvalue weighted by molar-refractivity contribution is 6.31. The van der Waals surface area contributed by atoms with E-state index >= 15 is 0 Å². The minimum absolute atomic E-state index is 0.155. The summed E-state index contributed by atoms with van der Waals surface area (Å²) >= 11 is 12.2. The lowest BCUT2D eigenvalue weighted by Gasteiger charge is -2.22. The van der Waals surface area contributed by atoms with Gasteiger partial charge in [0, 0.05) is 21.5 Å². The van der Waals surface area contributed by atoms with Crippen LogP contribution in [0.4, 0.5) is 4.79 Å². The van der Waals surface area contributed by atoms with Crippen LogP contribution in [0, 0.1) is 0 Å². The van der Waals surface area contributed by atoms with E-state index in [1.807, 2.05) is 12.1 Å². The highest BCUT2D eigenvalue weighted by atomic mass is 35.5. The van der Waals surface area contributed by atoms with Crippen molar-refractivity contribution in [2.24, 2.45) is 0 Å². The van der Waals surface area contributed by atoms with Crippen molar-refractivity contribution in [1.29, 1.82) is 0 Å². The number of urea groups is 1. The Bertz CT molecular complexity index is 1030. The summed E-state index contributed by atoms with van der Waals surface area (Å²) in [4.78, 5) is 17.0. The van der Waals surface area contributed by atoms with E-state index in [1.54, 1.807) is 37.4 Å². The molecule has 1 aromatic heterocycles. The number of hydrogen-bond acceptors (Lipinski definition) is 5. The van der Waals surface area contributed by atoms with Crippen molar-refractivity contribution in [2.45, 2.75) is 31.3 Å². The first-order chi connectivity index (χ1) is 14.5. The quantitative estimate of drug-likeness (QED) is 0.541. The molecule has 0 saturated heterocycles. The van der Waals surface area contributed by atoms with E-state index in [-0.39, 0.29) is 6.54 Å². The molecule has 0 radical (unpaired) electrons. The molecule has 2 aromatic carbocycles. The highest BCUT2D eigenvalue weighted by Crippen LogP contribution is 2.38. The van der Waals surface area contributed by atoms with Gasteiger partial charge in [0.15, 0.2) is 5.82 Å². The maximum atomic E-state index is 12.7. The summed E-state index contributed by atoms with van der Waals surface area (Å²) in [6.45, 7) is 0.155. The monoisotopic (exact) mass is 446 g/mol. The van der Waals surface area contributed by atoms with Crippen LogP contribution < -0.4 is 15.4 Å². The summed E-state index contributed by atoms with van der Waals surface area (Å²) in [6.07, 6.45) is 2.14. The van der Waals surface area contributed by atoms with Crippen molar-refractivity contribution < 1.29 is 14.1 Å². The lowest BCUT2D eigenvalue weighted by Crippen LogP contribution is -2.38. The predicted molar refractivity (Wildman–Crippen MR) is 113 cm³/mol. The summed E-state index contributed by atoms with van der Waals surface area (Å²) in [5, 5.41) is 10.8. The Morgan fingerprint density at radius 3 is 2.63 bits per heavy atom. The molecule has 1 unspecified atom stereocenters. The van der Waals surface area contributed by atoms with Crippen LogP contribution in [0.5, 0.6) is 5.75 Å². The van der Waals surface area contributed by atoms with E-state index in [0.717, 1.165) is 24.0 Å². The average Bonchev–Trinajstić information content (AvgIpc) is 3.49. The van der Waals surface area contributed by atoms with Gasteiger partial charge in [-0.2, -0.15) is 4.98 Å². The van der Waals surface area contributed by atoms with Gasteiger partial charge in [0.2, 0.25) is 5.89 Å².